The number of benzene rings is 1. The summed E-state index contributed by atoms with van der Waals surface area (Å²) in [5.41, 5.74) is 1.68. The molecule has 0 radical (unpaired) electrons. The van der Waals surface area contributed by atoms with Crippen LogP contribution in [0.25, 0.3) is 0 Å². The summed E-state index contributed by atoms with van der Waals surface area (Å²) in [5.74, 6) is 0.909. The van der Waals surface area contributed by atoms with E-state index in [4.69, 9.17) is 10.00 Å². The zero-order chi connectivity index (χ0) is 12.8. The van der Waals surface area contributed by atoms with Gasteiger partial charge in [0.2, 0.25) is 0 Å². The van der Waals surface area contributed by atoms with Gasteiger partial charge in [-0.05, 0) is 23.6 Å². The van der Waals surface area contributed by atoms with E-state index in [1.807, 2.05) is 24.3 Å². The number of ketones is 1. The quantitative estimate of drug-likeness (QED) is 0.730. The number of carbonyl (C=O) groups excluding carboxylic acids is 1. The van der Waals surface area contributed by atoms with Crippen LogP contribution in [0.4, 0.5) is 0 Å². The number of Topliss-reactive ketones (excluding diaryl/α,β-unsaturated/α-hetero) is 1. The van der Waals surface area contributed by atoms with Crippen molar-refractivity contribution in [3.05, 3.63) is 29.3 Å². The molecule has 3 heteroatoms. The van der Waals surface area contributed by atoms with Gasteiger partial charge in [0.1, 0.15) is 5.75 Å². The van der Waals surface area contributed by atoms with Crippen molar-refractivity contribution in [1.82, 2.24) is 0 Å². The predicted molar refractivity (Wildman–Crippen MR) is 66.3 cm³/mol. The lowest BCUT2D eigenvalue weighted by molar-refractivity contribution is 0.0981. The number of methoxy groups -OCH3 is 1. The van der Waals surface area contributed by atoms with Gasteiger partial charge in [0, 0.05) is 12.8 Å². The first kappa shape index (κ1) is 13.2. The molecule has 0 heterocycles. The van der Waals surface area contributed by atoms with Gasteiger partial charge in [-0.3, -0.25) is 4.79 Å². The third-order valence-corrected chi connectivity index (χ3v) is 2.65. The number of nitriles is 1. The van der Waals surface area contributed by atoms with Gasteiger partial charge in [0.25, 0.3) is 0 Å². The fourth-order valence-electron chi connectivity index (χ4n) is 1.61. The van der Waals surface area contributed by atoms with Crippen LogP contribution < -0.4 is 4.74 Å². The van der Waals surface area contributed by atoms with E-state index in [2.05, 4.69) is 13.8 Å². The third kappa shape index (κ3) is 3.32. The van der Waals surface area contributed by atoms with Crippen molar-refractivity contribution in [2.45, 2.75) is 32.6 Å². The third-order valence-electron chi connectivity index (χ3n) is 2.65. The van der Waals surface area contributed by atoms with Crippen molar-refractivity contribution in [2.24, 2.45) is 0 Å². The molecule has 1 aromatic rings. The van der Waals surface area contributed by atoms with E-state index in [1.165, 1.54) is 0 Å². The Hall–Kier alpha value is -1.82. The molecule has 0 amide bonds. The predicted octanol–water partition coefficient (Wildman–Crippen LogP) is 3.31. The number of hydrogen-bond acceptors (Lipinski definition) is 3. The highest BCUT2D eigenvalue weighted by Crippen LogP contribution is 2.25. The maximum atomic E-state index is 11.9. The molecule has 0 N–H and O–H groups in total. The maximum absolute atomic E-state index is 11.9. The molecule has 0 aromatic heterocycles. The van der Waals surface area contributed by atoms with Crippen LogP contribution in [-0.2, 0) is 0 Å². The van der Waals surface area contributed by atoms with Crippen LogP contribution >= 0.6 is 0 Å². The second-order valence-corrected chi connectivity index (χ2v) is 4.20. The SMILES string of the molecule is COc1ccc(C(C)C)cc1C(=O)CCC#N. The summed E-state index contributed by atoms with van der Waals surface area (Å²) in [6, 6.07) is 7.62. The van der Waals surface area contributed by atoms with E-state index >= 15 is 0 Å². The molecule has 0 spiro atoms. The molecule has 0 aliphatic rings. The van der Waals surface area contributed by atoms with Crippen LogP contribution in [0.2, 0.25) is 0 Å². The van der Waals surface area contributed by atoms with Gasteiger partial charge in [0.05, 0.1) is 18.7 Å². The zero-order valence-electron chi connectivity index (χ0n) is 10.5. The molecule has 0 atom stereocenters. The minimum Gasteiger partial charge on any atom is -0.496 e. The first-order valence-electron chi connectivity index (χ1n) is 5.68. The summed E-state index contributed by atoms with van der Waals surface area (Å²) in [5, 5.41) is 8.50. The second-order valence-electron chi connectivity index (χ2n) is 4.20. The number of rotatable bonds is 5. The minimum absolute atomic E-state index is 0.0362. The highest BCUT2D eigenvalue weighted by molar-refractivity contribution is 5.99. The van der Waals surface area contributed by atoms with Gasteiger partial charge in [-0.2, -0.15) is 5.26 Å². The van der Waals surface area contributed by atoms with Gasteiger partial charge in [0.15, 0.2) is 5.78 Å². The Bertz CT molecular complexity index is 444. The number of nitrogens with zero attached hydrogens (tertiary/aromatic N) is 1. The molecular formula is C14H17NO2. The lowest BCUT2D eigenvalue weighted by Crippen LogP contribution is -2.03. The monoisotopic (exact) mass is 231 g/mol. The van der Waals surface area contributed by atoms with Crippen LogP contribution in [-0.4, -0.2) is 12.9 Å². The van der Waals surface area contributed by atoms with E-state index in [-0.39, 0.29) is 18.6 Å². The van der Waals surface area contributed by atoms with Crippen molar-refractivity contribution in [2.75, 3.05) is 7.11 Å². The van der Waals surface area contributed by atoms with Crippen molar-refractivity contribution < 1.29 is 9.53 Å². The molecule has 0 saturated heterocycles. The Morgan fingerprint density at radius 1 is 1.47 bits per heavy atom. The largest absolute Gasteiger partial charge is 0.496 e. The van der Waals surface area contributed by atoms with E-state index in [9.17, 15) is 4.79 Å². The molecule has 0 aliphatic heterocycles. The second kappa shape index (κ2) is 6.05. The Labute approximate surface area is 102 Å². The zero-order valence-corrected chi connectivity index (χ0v) is 10.5. The Morgan fingerprint density at radius 2 is 2.18 bits per heavy atom. The average Bonchev–Trinajstić information content (AvgIpc) is 2.34. The molecule has 0 saturated carbocycles. The summed E-state index contributed by atoms with van der Waals surface area (Å²) in [7, 11) is 1.55. The smallest absolute Gasteiger partial charge is 0.167 e. The van der Waals surface area contributed by atoms with Gasteiger partial charge in [-0.25, -0.2) is 0 Å². The number of hydrogen-bond donors (Lipinski definition) is 0. The Morgan fingerprint density at radius 3 is 2.71 bits per heavy atom. The number of ether oxygens (including phenoxy) is 1. The summed E-state index contributed by atoms with van der Waals surface area (Å²) in [6.07, 6.45) is 0.488. The lowest BCUT2D eigenvalue weighted by Gasteiger charge is -2.11. The van der Waals surface area contributed by atoms with Crippen molar-refractivity contribution in [1.29, 1.82) is 5.26 Å². The Balaban J connectivity index is 3.06. The van der Waals surface area contributed by atoms with Gasteiger partial charge < -0.3 is 4.74 Å². The van der Waals surface area contributed by atoms with E-state index in [1.54, 1.807) is 7.11 Å². The fourth-order valence-corrected chi connectivity index (χ4v) is 1.61. The van der Waals surface area contributed by atoms with Crippen molar-refractivity contribution in [3.63, 3.8) is 0 Å². The van der Waals surface area contributed by atoms with Crippen LogP contribution in [0.1, 0.15) is 48.5 Å². The van der Waals surface area contributed by atoms with Crippen LogP contribution in [0.15, 0.2) is 18.2 Å². The highest BCUT2D eigenvalue weighted by Gasteiger charge is 2.13. The first-order valence-corrected chi connectivity index (χ1v) is 5.68. The van der Waals surface area contributed by atoms with Crippen LogP contribution in [0.5, 0.6) is 5.75 Å². The Kier molecular flexibility index (Phi) is 4.71. The minimum atomic E-state index is -0.0362. The van der Waals surface area contributed by atoms with Crippen LogP contribution in [0, 0.1) is 11.3 Å². The maximum Gasteiger partial charge on any atom is 0.167 e. The lowest BCUT2D eigenvalue weighted by atomic mass is 9.97. The fraction of sp³-hybridized carbons (Fsp3) is 0.429. The van der Waals surface area contributed by atoms with E-state index in [0.29, 0.717) is 17.2 Å². The van der Waals surface area contributed by atoms with Gasteiger partial charge in [-0.1, -0.05) is 19.9 Å². The molecule has 17 heavy (non-hydrogen) atoms. The molecule has 0 unspecified atom stereocenters. The summed E-state index contributed by atoms with van der Waals surface area (Å²) < 4.78 is 5.18. The molecular weight excluding hydrogens is 214 g/mol. The van der Waals surface area contributed by atoms with Crippen LogP contribution in [0.3, 0.4) is 0 Å². The average molecular weight is 231 g/mol. The topological polar surface area (TPSA) is 50.1 Å². The highest BCUT2D eigenvalue weighted by atomic mass is 16.5. The molecule has 3 nitrogen and oxygen atoms in total. The van der Waals surface area contributed by atoms with Gasteiger partial charge >= 0.3 is 0 Å². The molecule has 0 fully saturated rings. The van der Waals surface area contributed by atoms with Crippen molar-refractivity contribution >= 4 is 5.78 Å². The molecule has 90 valence electrons. The molecule has 0 aliphatic carbocycles. The summed E-state index contributed by atoms with van der Waals surface area (Å²) in [4.78, 5) is 11.9. The molecule has 0 bridgehead atoms. The first-order chi connectivity index (χ1) is 8.10. The number of carbonyl (C=O) groups is 1. The van der Waals surface area contributed by atoms with Gasteiger partial charge in [-0.15, -0.1) is 0 Å². The normalized spacial score (nSPS) is 10.1. The van der Waals surface area contributed by atoms with Crippen molar-refractivity contribution in [3.8, 4) is 11.8 Å². The molecule has 1 rings (SSSR count). The van der Waals surface area contributed by atoms with E-state index in [0.717, 1.165) is 5.56 Å². The standard InChI is InChI=1S/C14H17NO2/c1-10(2)11-6-7-14(17-3)12(9-11)13(16)5-4-8-15/h6-7,9-10H,4-5H2,1-3H3. The van der Waals surface area contributed by atoms with E-state index < -0.39 is 0 Å². The molecule has 1 aromatic carbocycles. The summed E-state index contributed by atoms with van der Waals surface area (Å²) >= 11 is 0. The summed E-state index contributed by atoms with van der Waals surface area (Å²) in [6.45, 7) is 4.15.